The maximum absolute atomic E-state index is 12.2. The minimum absolute atomic E-state index is 0.111. The Morgan fingerprint density at radius 3 is 2.25 bits per heavy atom. The van der Waals surface area contributed by atoms with Gasteiger partial charge >= 0.3 is 6.09 Å². The highest BCUT2D eigenvalue weighted by molar-refractivity contribution is 5.90. The molecule has 1 rings (SSSR count). The molecule has 0 saturated heterocycles. The van der Waals surface area contributed by atoms with E-state index in [1.54, 1.807) is 0 Å². The van der Waals surface area contributed by atoms with Crippen LogP contribution < -0.4 is 16.4 Å². The molecule has 0 aliphatic carbocycles. The number of benzene rings is 1. The molecular formula is C17H25N3O4. The molecule has 1 aromatic carbocycles. The first-order valence-corrected chi connectivity index (χ1v) is 7.86. The Kier molecular flexibility index (Phi) is 7.74. The summed E-state index contributed by atoms with van der Waals surface area (Å²) in [7, 11) is 0. The van der Waals surface area contributed by atoms with E-state index in [2.05, 4.69) is 10.6 Å². The van der Waals surface area contributed by atoms with Gasteiger partial charge in [0.15, 0.2) is 0 Å². The molecule has 0 radical (unpaired) electrons. The number of hydrogen-bond donors (Lipinski definition) is 3. The number of amides is 3. The Balaban J connectivity index is 2.59. The molecule has 2 atom stereocenters. The molecule has 0 aliphatic heterocycles. The van der Waals surface area contributed by atoms with Crippen molar-refractivity contribution in [2.75, 3.05) is 0 Å². The Bertz CT molecular complexity index is 560. The Labute approximate surface area is 141 Å². The SMILES string of the molecule is CC(C)C[C@H](NC(=O)OCc1ccccc1)C(=O)N[C@H](C)C(N)=O. The number of alkyl carbamates (subject to hydrolysis) is 1. The summed E-state index contributed by atoms with van der Waals surface area (Å²) in [5.41, 5.74) is 5.98. The molecule has 0 unspecified atom stereocenters. The highest BCUT2D eigenvalue weighted by Gasteiger charge is 2.25. The highest BCUT2D eigenvalue weighted by atomic mass is 16.5. The van der Waals surface area contributed by atoms with E-state index in [1.165, 1.54) is 6.92 Å². The second-order valence-corrected chi connectivity index (χ2v) is 6.02. The first-order chi connectivity index (χ1) is 11.3. The maximum Gasteiger partial charge on any atom is 0.408 e. The summed E-state index contributed by atoms with van der Waals surface area (Å²) in [4.78, 5) is 35.2. The molecule has 4 N–H and O–H groups in total. The van der Waals surface area contributed by atoms with Gasteiger partial charge in [-0.1, -0.05) is 44.2 Å². The van der Waals surface area contributed by atoms with Gasteiger partial charge in [0.05, 0.1) is 0 Å². The maximum atomic E-state index is 12.2. The predicted molar refractivity (Wildman–Crippen MR) is 89.8 cm³/mol. The van der Waals surface area contributed by atoms with Crippen LogP contribution in [0.5, 0.6) is 0 Å². The summed E-state index contributed by atoms with van der Waals surface area (Å²) in [6.07, 6.45) is -0.274. The smallest absolute Gasteiger partial charge is 0.408 e. The Morgan fingerprint density at radius 1 is 1.08 bits per heavy atom. The van der Waals surface area contributed by atoms with Crippen LogP contribution in [0.2, 0.25) is 0 Å². The number of hydrogen-bond acceptors (Lipinski definition) is 4. The minimum atomic E-state index is -0.811. The normalized spacial score (nSPS) is 13.0. The van der Waals surface area contributed by atoms with E-state index in [1.807, 2.05) is 44.2 Å². The topological polar surface area (TPSA) is 111 Å². The fourth-order valence-corrected chi connectivity index (χ4v) is 2.00. The van der Waals surface area contributed by atoms with Gasteiger partial charge in [-0.2, -0.15) is 0 Å². The second kappa shape index (κ2) is 9.54. The molecule has 0 heterocycles. The number of nitrogens with one attached hydrogen (secondary N) is 2. The van der Waals surface area contributed by atoms with Gasteiger partial charge in [-0.3, -0.25) is 9.59 Å². The molecule has 0 aromatic heterocycles. The average Bonchev–Trinajstić information content (AvgIpc) is 2.52. The van der Waals surface area contributed by atoms with Crippen LogP contribution >= 0.6 is 0 Å². The highest BCUT2D eigenvalue weighted by Crippen LogP contribution is 2.07. The Morgan fingerprint density at radius 2 is 1.71 bits per heavy atom. The molecule has 132 valence electrons. The number of rotatable bonds is 8. The van der Waals surface area contributed by atoms with Gasteiger partial charge in [-0.25, -0.2) is 4.79 Å². The van der Waals surface area contributed by atoms with E-state index >= 15 is 0 Å². The van der Waals surface area contributed by atoms with E-state index in [9.17, 15) is 14.4 Å². The van der Waals surface area contributed by atoms with Gasteiger partial charge in [-0.15, -0.1) is 0 Å². The van der Waals surface area contributed by atoms with E-state index < -0.39 is 30.0 Å². The van der Waals surface area contributed by atoms with E-state index in [4.69, 9.17) is 10.5 Å². The van der Waals surface area contributed by atoms with Crippen LogP contribution in [0, 0.1) is 5.92 Å². The molecule has 3 amide bonds. The fourth-order valence-electron chi connectivity index (χ4n) is 2.00. The van der Waals surface area contributed by atoms with Crippen LogP contribution in [0.4, 0.5) is 4.79 Å². The zero-order chi connectivity index (χ0) is 18.1. The molecule has 0 aliphatic rings. The lowest BCUT2D eigenvalue weighted by Crippen LogP contribution is -2.52. The third kappa shape index (κ3) is 7.13. The van der Waals surface area contributed by atoms with Crippen molar-refractivity contribution in [3.05, 3.63) is 35.9 Å². The summed E-state index contributed by atoms with van der Waals surface area (Å²) < 4.78 is 5.12. The zero-order valence-electron chi connectivity index (χ0n) is 14.2. The third-order valence-electron chi connectivity index (χ3n) is 3.31. The molecule has 0 bridgehead atoms. The van der Waals surface area contributed by atoms with Gasteiger partial charge in [0, 0.05) is 0 Å². The van der Waals surface area contributed by atoms with Crippen molar-refractivity contribution < 1.29 is 19.1 Å². The van der Waals surface area contributed by atoms with Crippen molar-refractivity contribution in [3.63, 3.8) is 0 Å². The molecular weight excluding hydrogens is 310 g/mol. The lowest BCUT2D eigenvalue weighted by Gasteiger charge is -2.21. The van der Waals surface area contributed by atoms with Crippen molar-refractivity contribution in [2.24, 2.45) is 11.7 Å². The third-order valence-corrected chi connectivity index (χ3v) is 3.31. The molecule has 0 spiro atoms. The van der Waals surface area contributed by atoms with Crippen LogP contribution in [0.15, 0.2) is 30.3 Å². The van der Waals surface area contributed by atoms with Crippen LogP contribution in [0.3, 0.4) is 0 Å². The van der Waals surface area contributed by atoms with Crippen molar-refractivity contribution in [1.29, 1.82) is 0 Å². The number of carbonyl (C=O) groups is 3. The van der Waals surface area contributed by atoms with Crippen molar-refractivity contribution in [2.45, 2.75) is 45.9 Å². The molecule has 7 nitrogen and oxygen atoms in total. The largest absolute Gasteiger partial charge is 0.445 e. The minimum Gasteiger partial charge on any atom is -0.445 e. The lowest BCUT2D eigenvalue weighted by molar-refractivity contribution is -0.128. The standard InChI is InChI=1S/C17H25N3O4/c1-11(2)9-14(16(22)19-12(3)15(18)21)20-17(23)24-10-13-7-5-4-6-8-13/h4-8,11-12,14H,9-10H2,1-3H3,(H2,18,21)(H,19,22)(H,20,23)/t12-,14+/m1/s1. The average molecular weight is 335 g/mol. The lowest BCUT2D eigenvalue weighted by atomic mass is 10.0. The first-order valence-electron chi connectivity index (χ1n) is 7.86. The number of carbonyl (C=O) groups excluding carboxylic acids is 3. The molecule has 7 heteroatoms. The summed E-state index contributed by atoms with van der Waals surface area (Å²) in [6.45, 7) is 5.45. The van der Waals surface area contributed by atoms with Crippen molar-refractivity contribution >= 4 is 17.9 Å². The molecule has 24 heavy (non-hydrogen) atoms. The van der Waals surface area contributed by atoms with Gasteiger partial charge in [0.1, 0.15) is 18.7 Å². The number of primary amides is 1. The van der Waals surface area contributed by atoms with E-state index in [0.717, 1.165) is 5.56 Å². The summed E-state index contributed by atoms with van der Waals surface area (Å²) in [6, 6.07) is 7.62. The van der Waals surface area contributed by atoms with E-state index in [0.29, 0.717) is 6.42 Å². The first kappa shape index (κ1) is 19.5. The number of nitrogens with two attached hydrogens (primary N) is 1. The molecule has 0 saturated carbocycles. The van der Waals surface area contributed by atoms with Crippen LogP contribution in [0.25, 0.3) is 0 Å². The summed E-state index contributed by atoms with van der Waals surface area (Å²) in [5, 5.41) is 5.02. The van der Waals surface area contributed by atoms with Gasteiger partial charge < -0.3 is 21.1 Å². The Hall–Kier alpha value is -2.57. The summed E-state index contributed by atoms with van der Waals surface area (Å²) in [5.74, 6) is -0.941. The van der Waals surface area contributed by atoms with Gasteiger partial charge in [0.2, 0.25) is 11.8 Å². The van der Waals surface area contributed by atoms with E-state index in [-0.39, 0.29) is 12.5 Å². The van der Waals surface area contributed by atoms with Crippen LogP contribution in [-0.4, -0.2) is 30.0 Å². The van der Waals surface area contributed by atoms with Crippen molar-refractivity contribution in [1.82, 2.24) is 10.6 Å². The second-order valence-electron chi connectivity index (χ2n) is 6.02. The van der Waals surface area contributed by atoms with Crippen molar-refractivity contribution in [3.8, 4) is 0 Å². The monoisotopic (exact) mass is 335 g/mol. The van der Waals surface area contributed by atoms with Crippen LogP contribution in [-0.2, 0) is 20.9 Å². The molecule has 1 aromatic rings. The fraction of sp³-hybridized carbons (Fsp3) is 0.471. The molecule has 0 fully saturated rings. The van der Waals surface area contributed by atoms with Gasteiger partial charge in [0.25, 0.3) is 0 Å². The van der Waals surface area contributed by atoms with Gasteiger partial charge in [-0.05, 0) is 24.8 Å². The predicted octanol–water partition coefficient (Wildman–Crippen LogP) is 1.32. The summed E-state index contributed by atoms with van der Waals surface area (Å²) >= 11 is 0. The zero-order valence-corrected chi connectivity index (χ0v) is 14.2. The quantitative estimate of drug-likeness (QED) is 0.665. The number of ether oxygens (including phenoxy) is 1. The van der Waals surface area contributed by atoms with Crippen LogP contribution in [0.1, 0.15) is 32.8 Å².